The number of nitrogens with one attached hydrogen (secondary N) is 1. The summed E-state index contributed by atoms with van der Waals surface area (Å²) in [7, 11) is 1.58. The third-order valence-electron chi connectivity index (χ3n) is 2.86. The van der Waals surface area contributed by atoms with Crippen LogP contribution in [-0.2, 0) is 17.8 Å². The van der Waals surface area contributed by atoms with Crippen molar-refractivity contribution in [2.45, 2.75) is 39.8 Å². The quantitative estimate of drug-likeness (QED) is 0.824. The fourth-order valence-corrected chi connectivity index (χ4v) is 1.66. The number of hydrogen-bond donors (Lipinski definition) is 2. The second-order valence-corrected chi connectivity index (χ2v) is 4.95. The maximum absolute atomic E-state index is 11.9. The molecule has 1 aromatic rings. The van der Waals surface area contributed by atoms with Crippen LogP contribution in [0.1, 0.15) is 32.4 Å². The molecule has 1 atom stereocenters. The second kappa shape index (κ2) is 6.93. The van der Waals surface area contributed by atoms with Crippen LogP contribution in [0.5, 0.6) is 0 Å². The number of oxazole rings is 1. The number of urea groups is 1. The van der Waals surface area contributed by atoms with Crippen LogP contribution in [0.15, 0.2) is 10.7 Å². The lowest BCUT2D eigenvalue weighted by atomic mass is 10.1. The molecule has 7 nitrogen and oxygen atoms in total. The predicted molar refractivity (Wildman–Crippen MR) is 72.1 cm³/mol. The first-order valence-electron chi connectivity index (χ1n) is 6.52. The zero-order valence-electron chi connectivity index (χ0n) is 12.2. The molecule has 2 N–H and O–H groups in total. The van der Waals surface area contributed by atoms with Crippen molar-refractivity contribution >= 4 is 12.0 Å². The third-order valence-corrected chi connectivity index (χ3v) is 2.86. The molecule has 0 aliphatic rings. The van der Waals surface area contributed by atoms with Gasteiger partial charge in [0.05, 0.1) is 12.2 Å². The largest absolute Gasteiger partial charge is 0.480 e. The van der Waals surface area contributed by atoms with Crippen LogP contribution in [0.25, 0.3) is 0 Å². The minimum Gasteiger partial charge on any atom is -0.480 e. The number of carboxylic acids is 1. The smallest absolute Gasteiger partial charge is 0.326 e. The number of carboxylic acid groups (broad SMARTS) is 1. The highest BCUT2D eigenvalue weighted by Crippen LogP contribution is 2.07. The van der Waals surface area contributed by atoms with Crippen molar-refractivity contribution in [3.63, 3.8) is 0 Å². The molecular weight excluding hydrogens is 262 g/mol. The Balaban J connectivity index is 2.60. The zero-order valence-corrected chi connectivity index (χ0v) is 12.2. The summed E-state index contributed by atoms with van der Waals surface area (Å²) in [6, 6.07) is -1.36. The van der Waals surface area contributed by atoms with E-state index in [1.54, 1.807) is 20.9 Å². The molecule has 0 aromatic carbocycles. The minimum atomic E-state index is -1.04. The van der Waals surface area contributed by atoms with Crippen molar-refractivity contribution in [1.29, 1.82) is 0 Å². The summed E-state index contributed by atoms with van der Waals surface area (Å²) in [5.74, 6) is -0.626. The van der Waals surface area contributed by atoms with Crippen LogP contribution < -0.4 is 5.32 Å². The Kier molecular flexibility index (Phi) is 5.54. The van der Waals surface area contributed by atoms with Crippen molar-refractivity contribution in [2.24, 2.45) is 5.92 Å². The molecule has 2 amide bonds. The van der Waals surface area contributed by atoms with E-state index in [1.807, 2.05) is 6.92 Å². The Bertz CT molecular complexity index is 470. The minimum absolute atomic E-state index is 0.191. The number of nitrogens with zero attached hydrogens (tertiary/aromatic N) is 2. The van der Waals surface area contributed by atoms with Crippen LogP contribution in [0.4, 0.5) is 4.79 Å². The van der Waals surface area contributed by atoms with E-state index < -0.39 is 18.0 Å². The van der Waals surface area contributed by atoms with Crippen molar-refractivity contribution in [1.82, 2.24) is 15.2 Å². The molecule has 20 heavy (non-hydrogen) atoms. The topological polar surface area (TPSA) is 95.7 Å². The van der Waals surface area contributed by atoms with E-state index in [1.165, 1.54) is 11.2 Å². The molecule has 0 saturated carbocycles. The van der Waals surface area contributed by atoms with Gasteiger partial charge in [0.1, 0.15) is 12.3 Å². The number of aryl methyl sites for hydroxylation is 1. The highest BCUT2D eigenvalue weighted by molar-refractivity contribution is 5.82. The molecule has 0 unspecified atom stereocenters. The summed E-state index contributed by atoms with van der Waals surface area (Å²) < 4.78 is 5.19. The average Bonchev–Trinajstić information content (AvgIpc) is 2.82. The number of amides is 2. The Hall–Kier alpha value is -2.05. The van der Waals surface area contributed by atoms with Gasteiger partial charge in [0, 0.05) is 13.5 Å². The van der Waals surface area contributed by atoms with Crippen LogP contribution in [0, 0.1) is 5.92 Å². The van der Waals surface area contributed by atoms with E-state index in [0.717, 1.165) is 0 Å². The van der Waals surface area contributed by atoms with E-state index in [2.05, 4.69) is 10.3 Å². The molecule has 0 aliphatic heterocycles. The van der Waals surface area contributed by atoms with Crippen LogP contribution in [0.3, 0.4) is 0 Å². The number of carbonyl (C=O) groups is 2. The number of aliphatic carboxylic acids is 1. The normalized spacial score (nSPS) is 12.2. The first kappa shape index (κ1) is 16.0. The number of rotatable bonds is 6. The van der Waals surface area contributed by atoms with E-state index in [-0.39, 0.29) is 12.5 Å². The van der Waals surface area contributed by atoms with E-state index in [9.17, 15) is 9.59 Å². The lowest BCUT2D eigenvalue weighted by molar-refractivity contribution is -0.140. The van der Waals surface area contributed by atoms with Gasteiger partial charge in [0.2, 0.25) is 0 Å². The summed E-state index contributed by atoms with van der Waals surface area (Å²) in [5, 5.41) is 11.5. The first-order valence-corrected chi connectivity index (χ1v) is 6.52. The van der Waals surface area contributed by atoms with Crippen molar-refractivity contribution < 1.29 is 19.1 Å². The fourth-order valence-electron chi connectivity index (χ4n) is 1.66. The lowest BCUT2D eigenvalue weighted by Gasteiger charge is -2.22. The van der Waals surface area contributed by atoms with Gasteiger partial charge in [-0.3, -0.25) is 0 Å². The summed E-state index contributed by atoms with van der Waals surface area (Å²) >= 11 is 0. The summed E-state index contributed by atoms with van der Waals surface area (Å²) in [5.41, 5.74) is 0.635. The molecule has 112 valence electrons. The SMILES string of the molecule is CCc1nc(CN(C)C(=O)N[C@H](C(=O)O)C(C)C)co1. The zero-order chi connectivity index (χ0) is 15.3. The molecule has 0 radical (unpaired) electrons. The summed E-state index contributed by atoms with van der Waals surface area (Å²) in [6.45, 7) is 5.67. The number of aromatic nitrogens is 1. The van der Waals surface area contributed by atoms with Crippen molar-refractivity contribution in [3.8, 4) is 0 Å². The van der Waals surface area contributed by atoms with Crippen LogP contribution in [0.2, 0.25) is 0 Å². The first-order chi connectivity index (χ1) is 9.35. The Morgan fingerprint density at radius 3 is 2.60 bits per heavy atom. The average molecular weight is 283 g/mol. The molecule has 1 aromatic heterocycles. The highest BCUT2D eigenvalue weighted by atomic mass is 16.4. The van der Waals surface area contributed by atoms with Crippen molar-refractivity contribution in [2.75, 3.05) is 7.05 Å². The molecule has 7 heteroatoms. The highest BCUT2D eigenvalue weighted by Gasteiger charge is 2.25. The van der Waals surface area contributed by atoms with Crippen LogP contribution >= 0.6 is 0 Å². The predicted octanol–water partition coefficient (Wildman–Crippen LogP) is 1.49. The summed E-state index contributed by atoms with van der Waals surface area (Å²) in [4.78, 5) is 28.5. The van der Waals surface area contributed by atoms with Gasteiger partial charge in [-0.15, -0.1) is 0 Å². The van der Waals surface area contributed by atoms with Crippen LogP contribution in [-0.4, -0.2) is 40.1 Å². The Morgan fingerprint density at radius 2 is 2.15 bits per heavy atom. The molecule has 1 rings (SSSR count). The van der Waals surface area contributed by atoms with E-state index >= 15 is 0 Å². The van der Waals surface area contributed by atoms with Gasteiger partial charge in [0.15, 0.2) is 5.89 Å². The Labute approximate surface area is 118 Å². The molecule has 0 bridgehead atoms. The molecule has 0 fully saturated rings. The molecular formula is C13H21N3O4. The van der Waals surface area contributed by atoms with Gasteiger partial charge in [-0.2, -0.15) is 0 Å². The van der Waals surface area contributed by atoms with Gasteiger partial charge < -0.3 is 19.7 Å². The van der Waals surface area contributed by atoms with Crippen molar-refractivity contribution in [3.05, 3.63) is 17.8 Å². The maximum atomic E-state index is 11.9. The van der Waals surface area contributed by atoms with E-state index in [0.29, 0.717) is 18.0 Å². The molecule has 0 saturated heterocycles. The lowest BCUT2D eigenvalue weighted by Crippen LogP contribution is -2.48. The van der Waals surface area contributed by atoms with Gasteiger partial charge in [-0.1, -0.05) is 20.8 Å². The van der Waals surface area contributed by atoms with Gasteiger partial charge in [-0.05, 0) is 5.92 Å². The van der Waals surface area contributed by atoms with Gasteiger partial charge in [0.25, 0.3) is 0 Å². The molecule has 0 aliphatic carbocycles. The van der Waals surface area contributed by atoms with Gasteiger partial charge in [-0.25, -0.2) is 14.6 Å². The summed E-state index contributed by atoms with van der Waals surface area (Å²) in [6.07, 6.45) is 2.18. The maximum Gasteiger partial charge on any atom is 0.326 e. The Morgan fingerprint density at radius 1 is 1.50 bits per heavy atom. The standard InChI is InChI=1S/C13H21N3O4/c1-5-10-14-9(7-20-10)6-16(4)13(19)15-11(8(2)3)12(17)18/h7-8,11H,5-6H2,1-4H3,(H,15,19)(H,17,18)/t11-/m0/s1. The molecule has 1 heterocycles. The fraction of sp³-hybridized carbons (Fsp3) is 0.615. The number of carbonyl (C=O) groups excluding carboxylic acids is 1. The second-order valence-electron chi connectivity index (χ2n) is 4.95. The number of hydrogen-bond acceptors (Lipinski definition) is 4. The van der Waals surface area contributed by atoms with E-state index in [4.69, 9.17) is 9.52 Å². The molecule has 0 spiro atoms. The third kappa shape index (κ3) is 4.25. The monoisotopic (exact) mass is 283 g/mol. The van der Waals surface area contributed by atoms with Gasteiger partial charge >= 0.3 is 12.0 Å².